The summed E-state index contributed by atoms with van der Waals surface area (Å²) in [7, 11) is 3.14. The van der Waals surface area contributed by atoms with Gasteiger partial charge in [0.1, 0.15) is 37.3 Å². The predicted octanol–water partition coefficient (Wildman–Crippen LogP) is 2.93. The topological polar surface area (TPSA) is 369 Å². The summed E-state index contributed by atoms with van der Waals surface area (Å²) in [6, 6.07) is -8.42. The average molecular weight is 1400 g/mol. The molecule has 4 heterocycles. The number of likely N-dealkylation sites (tertiary alicyclic amines) is 2. The molecule has 14 amide bonds. The molecule has 0 spiro atoms. The molecule has 0 radical (unpaired) electrons. The Labute approximate surface area is 589 Å². The largest absolute Gasteiger partial charge is 0.346 e. The van der Waals surface area contributed by atoms with Crippen LogP contribution >= 0.6 is 12.4 Å². The zero-order valence-corrected chi connectivity index (χ0v) is 61.8. The van der Waals surface area contributed by atoms with Crippen LogP contribution in [0.15, 0.2) is 30.3 Å². The molecule has 28 nitrogen and oxygen atoms in total. The summed E-state index contributed by atoms with van der Waals surface area (Å²) in [5.74, 6) is -1.30. The Bertz CT molecular complexity index is 3270. The Morgan fingerprint density at radius 3 is 1.32 bits per heavy atom. The minimum atomic E-state index is -1.20. The first-order valence-electron chi connectivity index (χ1n) is 33.1. The number of carbonyl (C=O) groups is 13. The summed E-state index contributed by atoms with van der Waals surface area (Å²) >= 11 is 0. The summed E-state index contributed by atoms with van der Waals surface area (Å²) in [6.45, 7) is 38.5. The van der Waals surface area contributed by atoms with E-state index in [9.17, 15) is 67.1 Å². The molecule has 8 N–H and O–H groups in total. The number of carbonyl (C=O) groups excluding carboxylic acids is 14. The van der Waals surface area contributed by atoms with Gasteiger partial charge in [-0.3, -0.25) is 57.7 Å². The van der Waals surface area contributed by atoms with Crippen molar-refractivity contribution < 1.29 is 67.1 Å². The number of hydrogen-bond acceptors (Lipinski definition) is 16. The van der Waals surface area contributed by atoms with Gasteiger partial charge in [0.25, 0.3) is 11.8 Å². The molecule has 0 aromatic heterocycles. The van der Waals surface area contributed by atoms with Crippen LogP contribution in [0.5, 0.6) is 0 Å². The number of rotatable bonds is 25. The van der Waals surface area contributed by atoms with Crippen molar-refractivity contribution in [2.45, 2.75) is 185 Å². The number of fused-ring (bicyclic) bond motifs is 2. The first-order chi connectivity index (χ1) is 45.1. The number of halogens is 1. The van der Waals surface area contributed by atoms with Crippen LogP contribution in [0.25, 0.3) is 0 Å². The second-order valence-corrected chi connectivity index (χ2v) is 31.7. The number of likely N-dealkylation sites (N-methyl/N-ethyl adjacent to an activating group) is 2. The smallest absolute Gasteiger partial charge is 0.327 e. The number of hydrogen-bond donors (Lipinski definition) is 7. The fraction of sp³-hybridized carbons (Fsp3) is 0.686. The van der Waals surface area contributed by atoms with Gasteiger partial charge in [-0.05, 0) is 69.0 Å². The van der Waals surface area contributed by atoms with Gasteiger partial charge < -0.3 is 57.2 Å². The van der Waals surface area contributed by atoms with Crippen LogP contribution in [-0.2, 0) is 52.7 Å². The molecular formula is C70H107ClN14O14. The van der Waals surface area contributed by atoms with E-state index in [-0.39, 0.29) is 141 Å². The molecule has 12 atom stereocenters. The summed E-state index contributed by atoms with van der Waals surface area (Å²) in [6.07, 6.45) is 15.5. The number of Topliss-reactive ketones (excluding diaryl/α,β-unsaturated/α-hetero) is 2. The SMILES string of the molecule is C#CCCC(NC(=O)C1[C@@H]2[C@H](CN1C(=O)[C@@H](NC(=O)N[C@H](CN1C(=O)CN(C)C1=O)C(C)(C)C)C(C)(C)C)C2(C)C)C(=O)C(=O)NCC=C.C#CCCC(NC(=O)[C@@H]1[C@@H]2[C@H](CN1C(=O)[C@@H](N=C=O)C(C)(C)C)C2(C)C)C(=O)C(=O)NCC=C.CN1CC(=O)N(CC(N)C(C)(C)C)C1=O.Cl. The van der Waals surface area contributed by atoms with Crippen molar-refractivity contribution in [2.24, 2.45) is 66.9 Å². The van der Waals surface area contributed by atoms with Crippen molar-refractivity contribution in [3.05, 3.63) is 25.3 Å². The molecule has 6 aliphatic rings. The van der Waals surface area contributed by atoms with Gasteiger partial charge in [0, 0.05) is 65.7 Å². The Morgan fingerprint density at radius 2 is 1.00 bits per heavy atom. The van der Waals surface area contributed by atoms with E-state index >= 15 is 0 Å². The predicted molar refractivity (Wildman–Crippen MR) is 373 cm³/mol. The van der Waals surface area contributed by atoms with Crippen LogP contribution in [0.1, 0.15) is 136 Å². The van der Waals surface area contributed by atoms with E-state index in [1.54, 1.807) is 48.6 Å². The van der Waals surface area contributed by atoms with Crippen molar-refractivity contribution in [3.8, 4) is 24.7 Å². The fourth-order valence-corrected chi connectivity index (χ4v) is 12.8. The quantitative estimate of drug-likeness (QED) is 0.0173. The van der Waals surface area contributed by atoms with Gasteiger partial charge in [0.2, 0.25) is 53.1 Å². The maximum atomic E-state index is 14.4. The van der Waals surface area contributed by atoms with Crippen LogP contribution in [0, 0.1) is 80.8 Å². The number of nitrogens with two attached hydrogens (primary N) is 1. The molecular weight excluding hydrogens is 1300 g/mol. The highest BCUT2D eigenvalue weighted by Crippen LogP contribution is 2.66. The Balaban J connectivity index is 0.000000439. The molecule has 0 aromatic rings. The lowest BCUT2D eigenvalue weighted by atomic mass is 9.85. The summed E-state index contributed by atoms with van der Waals surface area (Å²) in [4.78, 5) is 190. The maximum Gasteiger partial charge on any atom is 0.327 e. The van der Waals surface area contributed by atoms with E-state index in [1.165, 1.54) is 49.8 Å². The van der Waals surface area contributed by atoms with Crippen LogP contribution in [-0.4, -0.2) is 227 Å². The molecule has 0 bridgehead atoms. The minimum absolute atomic E-state index is 0. The monoisotopic (exact) mass is 1400 g/mol. The lowest BCUT2D eigenvalue weighted by molar-refractivity contribution is -0.145. The zero-order valence-electron chi connectivity index (χ0n) is 61.0. The standard InChI is InChI=1S/C35H53N7O7.C25H34N4O5.C10H19N3O2.ClH/c1-12-14-15-21(26(44)29(46)36-16-13-2)37-28(45)25-24-20(35(24,9)10)17-42(25)30(47)27(34(6,7)8)39-31(48)38-22(33(3,4)5)18-41-23(43)19-40(11)32(41)49;1-8-10-11-16(19(31)22(33)26-12-9-2)28-21(32)18-17-15(25(17,6)7)13-29(18)23(34)20(27-14-30)24(3,4)5;1-10(2,3)7(11)5-13-8(14)6-12(4)9(13)15;/h1,13,20-22,24-25,27H,2,14-19H2,3-11H3,(H,36,46)(H,37,45)(H2,38,39,48);1,9,15-18,20H,2,10-13H2,3-7H3,(H,26,33)(H,28,32);7H,5-6,11H2,1-4H3;1H/t20-,21?,22+,24-,25?,27+;15-,16?,17-,18-,20+;;/m00../s1. The molecule has 0 aromatic carbocycles. The number of ketones is 2. The normalized spacial score (nSPS) is 22.7. The Kier molecular flexibility index (Phi) is 28.8. The summed E-state index contributed by atoms with van der Waals surface area (Å²) in [5.41, 5.74) is 3.39. The molecule has 2 saturated carbocycles. The molecule has 548 valence electrons. The molecule has 99 heavy (non-hydrogen) atoms. The molecule has 2 aliphatic carbocycles. The number of imide groups is 2. The highest BCUT2D eigenvalue weighted by Gasteiger charge is 2.71. The van der Waals surface area contributed by atoms with Crippen LogP contribution < -0.4 is 37.6 Å². The number of amides is 14. The fourth-order valence-electron chi connectivity index (χ4n) is 12.8. The first-order valence-corrected chi connectivity index (χ1v) is 33.1. The van der Waals surface area contributed by atoms with E-state index in [4.69, 9.17) is 18.6 Å². The third-order valence-electron chi connectivity index (χ3n) is 19.5. The summed E-state index contributed by atoms with van der Waals surface area (Å²) in [5, 5.41) is 15.9. The highest BCUT2D eigenvalue weighted by molar-refractivity contribution is 6.39. The van der Waals surface area contributed by atoms with Crippen molar-refractivity contribution >= 4 is 95.4 Å². The van der Waals surface area contributed by atoms with Crippen LogP contribution in [0.2, 0.25) is 0 Å². The van der Waals surface area contributed by atoms with E-state index in [2.05, 4.69) is 61.9 Å². The number of piperidine rings is 2. The average Bonchev–Trinajstić information content (AvgIpc) is 1.53. The highest BCUT2D eigenvalue weighted by atomic mass is 35.5. The third kappa shape index (κ3) is 20.6. The van der Waals surface area contributed by atoms with Crippen molar-refractivity contribution in [3.63, 3.8) is 0 Å². The van der Waals surface area contributed by atoms with Crippen LogP contribution in [0.3, 0.4) is 0 Å². The van der Waals surface area contributed by atoms with E-state index in [1.807, 2.05) is 69.2 Å². The van der Waals surface area contributed by atoms with Crippen molar-refractivity contribution in [1.29, 1.82) is 0 Å². The number of terminal acetylenes is 2. The van der Waals surface area contributed by atoms with Gasteiger partial charge >= 0.3 is 18.1 Å². The lowest BCUT2D eigenvalue weighted by Crippen LogP contribution is -2.63. The van der Waals surface area contributed by atoms with E-state index in [0.29, 0.717) is 13.1 Å². The number of aliphatic imine (C=N–C) groups is 1. The first kappa shape index (κ1) is 84.8. The van der Waals surface area contributed by atoms with Crippen molar-refractivity contribution in [1.82, 2.24) is 61.3 Å². The van der Waals surface area contributed by atoms with Gasteiger partial charge in [-0.2, -0.15) is 4.99 Å². The van der Waals surface area contributed by atoms with Gasteiger partial charge in [0.15, 0.2) is 0 Å². The molecule has 29 heteroatoms. The summed E-state index contributed by atoms with van der Waals surface area (Å²) < 4.78 is 0. The molecule has 4 aliphatic heterocycles. The van der Waals surface area contributed by atoms with Gasteiger partial charge in [-0.25, -0.2) is 19.2 Å². The number of nitrogens with one attached hydrogen (secondary N) is 6. The number of urea groups is 3. The Hall–Kier alpha value is -8.46. The zero-order chi connectivity index (χ0) is 74.9. The number of nitrogens with zero attached hydrogens (tertiary/aromatic N) is 7. The molecule has 6 rings (SSSR count). The second kappa shape index (κ2) is 33.6. The minimum Gasteiger partial charge on any atom is -0.346 e. The molecule has 4 saturated heterocycles. The third-order valence-corrected chi connectivity index (χ3v) is 19.5. The van der Waals surface area contributed by atoms with Crippen LogP contribution in [0.4, 0.5) is 14.4 Å². The van der Waals surface area contributed by atoms with Gasteiger partial charge in [0.05, 0.1) is 24.7 Å². The van der Waals surface area contributed by atoms with Gasteiger partial charge in [-0.1, -0.05) is 123 Å². The second-order valence-electron chi connectivity index (χ2n) is 31.7. The van der Waals surface area contributed by atoms with Gasteiger partial charge in [-0.15, -0.1) is 50.3 Å². The molecule has 4 unspecified atom stereocenters. The molecule has 6 fully saturated rings. The van der Waals surface area contributed by atoms with E-state index in [0.717, 1.165) is 4.90 Å². The lowest BCUT2D eigenvalue weighted by Gasteiger charge is -2.39. The Morgan fingerprint density at radius 1 is 0.606 bits per heavy atom. The number of isocyanates is 1. The van der Waals surface area contributed by atoms with E-state index < -0.39 is 118 Å². The maximum absolute atomic E-state index is 14.4. The van der Waals surface area contributed by atoms with Crippen molar-refractivity contribution in [2.75, 3.05) is 66.5 Å².